The molecular weight excluding hydrogens is 981 g/mol. The van der Waals surface area contributed by atoms with E-state index < -0.39 is 137 Å². The Hall–Kier alpha value is -6.33. The second-order valence-electron chi connectivity index (χ2n) is 22.9. The Kier molecular flexibility index (Phi) is 23.7. The van der Waals surface area contributed by atoms with Gasteiger partial charge < -0.3 is 45.6 Å². The minimum absolute atomic E-state index is 0.00804. The van der Waals surface area contributed by atoms with Gasteiger partial charge in [0.15, 0.2) is 6.10 Å². The van der Waals surface area contributed by atoms with Gasteiger partial charge in [0.25, 0.3) is 5.91 Å². The van der Waals surface area contributed by atoms with Crippen LogP contribution in [0.4, 0.5) is 0 Å². The maximum atomic E-state index is 15.0. The van der Waals surface area contributed by atoms with Crippen molar-refractivity contribution in [3.8, 4) is 0 Å². The van der Waals surface area contributed by atoms with Gasteiger partial charge in [-0.25, -0.2) is 4.79 Å². The van der Waals surface area contributed by atoms with Gasteiger partial charge in [-0.3, -0.25) is 38.4 Å². The van der Waals surface area contributed by atoms with E-state index in [0.717, 1.165) is 5.56 Å². The Morgan fingerprint density at radius 2 is 0.961 bits per heavy atom. The van der Waals surface area contributed by atoms with Gasteiger partial charge in [0.1, 0.15) is 48.3 Å². The van der Waals surface area contributed by atoms with Crippen LogP contribution in [-0.2, 0) is 60.7 Å². The first kappa shape index (κ1) is 63.2. The number of esters is 1. The maximum Gasteiger partial charge on any atom is 0.329 e. The highest BCUT2D eigenvalue weighted by Gasteiger charge is 2.45. The van der Waals surface area contributed by atoms with E-state index in [1.807, 2.05) is 83.1 Å². The van der Waals surface area contributed by atoms with Crippen molar-refractivity contribution in [1.29, 1.82) is 0 Å². The summed E-state index contributed by atoms with van der Waals surface area (Å²) in [5.41, 5.74) is 1.43. The highest BCUT2D eigenvalue weighted by atomic mass is 16.6. The Labute approximate surface area is 457 Å². The zero-order valence-electron chi connectivity index (χ0n) is 48.5. The van der Waals surface area contributed by atoms with Gasteiger partial charge in [-0.2, -0.15) is 0 Å². The Morgan fingerprint density at radius 3 is 1.44 bits per heavy atom. The zero-order chi connectivity index (χ0) is 57.6. The average Bonchev–Trinajstić information content (AvgIpc) is 3.88. The summed E-state index contributed by atoms with van der Waals surface area (Å²) in [4.78, 5) is 138. The van der Waals surface area contributed by atoms with Crippen LogP contribution in [0.1, 0.15) is 126 Å². The third-order valence-electron chi connectivity index (χ3n) is 15.4. The first-order valence-corrected chi connectivity index (χ1v) is 27.9. The summed E-state index contributed by atoms with van der Waals surface area (Å²) >= 11 is 0. The average molecular weight is 1070 g/mol. The van der Waals surface area contributed by atoms with Crippen molar-refractivity contribution < 1.29 is 47.9 Å². The lowest BCUT2D eigenvalue weighted by atomic mass is 9.94. The predicted octanol–water partition coefficient (Wildman–Crippen LogP) is 4.91. The second-order valence-corrected chi connectivity index (χ2v) is 22.9. The first-order valence-electron chi connectivity index (χ1n) is 27.9. The highest BCUT2D eigenvalue weighted by molar-refractivity contribution is 5.99. The fourth-order valence-electron chi connectivity index (χ4n) is 10.6. The van der Waals surface area contributed by atoms with Gasteiger partial charge in [0, 0.05) is 46.4 Å². The molecule has 4 rings (SSSR count). The number of carbonyl (C=O) groups excluding carboxylic acids is 9. The van der Waals surface area contributed by atoms with Crippen molar-refractivity contribution in [2.24, 2.45) is 35.5 Å². The van der Waals surface area contributed by atoms with Crippen LogP contribution in [0.2, 0.25) is 0 Å². The molecule has 0 radical (unpaired) electrons. The molecule has 4 N–H and O–H groups in total. The van der Waals surface area contributed by atoms with Crippen LogP contribution < -0.4 is 21.3 Å². The molecule has 2 heterocycles. The summed E-state index contributed by atoms with van der Waals surface area (Å²) in [6.45, 7) is 21.8. The molecule has 0 bridgehead atoms. The van der Waals surface area contributed by atoms with Crippen molar-refractivity contribution >= 4 is 53.2 Å². The lowest BCUT2D eigenvalue weighted by Crippen LogP contribution is -2.62. The SMILES string of the molecule is CC[C@@H](C)[C@H]1NC(=O)[C@H]2CCCN2C(=O)[C@H](Cc2ccccc2)NC(=O)[C@@H](Cc2ccccc2)NC(=O)[C@@H](C(C)C)N(C)C(=O)[C@@H]([C@H](C)CC)OC(=O)[C@@H](C(C)C)N(C)C(=O)[C@@H](CC(C)C)NC(=O)[C@@H](C(C)C)N(C)C1=O. The standard InChI is InChI=1S/C59H90N8O10/c1-16-38(11)46-57(74)64(13)47(35(5)6)54(71)62-43(31-34(3)4)55(72)66(15)49(37(9)10)59(76)77-50(39(12)17-2)58(75)65(14)48(36(7)8)53(70)60-42(32-40-25-20-18-21-26-40)51(68)61-44(33-41-27-22-19-23-28-41)56(73)67-30-24-29-45(67)52(69)63-46/h18-23,25-28,34-39,42-50H,16-17,24,29-33H2,1-15H3,(H,60,70)(H,61,68)(H,62,71)(H,63,69)/t38-,39-,42-,43-,44+,45-,46-,47-,48-,49-,50-/m1/s1. The summed E-state index contributed by atoms with van der Waals surface area (Å²) in [6, 6.07) is 8.88. The number of carbonyl (C=O) groups is 9. The smallest absolute Gasteiger partial charge is 0.329 e. The molecule has 426 valence electrons. The topological polar surface area (TPSA) is 224 Å². The molecule has 8 amide bonds. The molecule has 2 aromatic carbocycles. The summed E-state index contributed by atoms with van der Waals surface area (Å²) < 4.78 is 6.17. The van der Waals surface area contributed by atoms with Crippen LogP contribution >= 0.6 is 0 Å². The molecule has 2 saturated heterocycles. The van der Waals surface area contributed by atoms with Crippen LogP contribution in [0.25, 0.3) is 0 Å². The molecule has 2 aliphatic heterocycles. The number of benzene rings is 2. The Balaban J connectivity index is 1.93. The van der Waals surface area contributed by atoms with Crippen LogP contribution in [0, 0.1) is 35.5 Å². The molecule has 2 fully saturated rings. The largest absolute Gasteiger partial charge is 0.450 e. The van der Waals surface area contributed by atoms with Crippen LogP contribution in [0.5, 0.6) is 0 Å². The Bertz CT molecular complexity index is 2350. The van der Waals surface area contributed by atoms with Gasteiger partial charge in [-0.15, -0.1) is 0 Å². The van der Waals surface area contributed by atoms with Gasteiger partial charge in [0.05, 0.1) is 0 Å². The van der Waals surface area contributed by atoms with Crippen molar-refractivity contribution in [2.75, 3.05) is 27.7 Å². The van der Waals surface area contributed by atoms with E-state index in [9.17, 15) is 38.4 Å². The van der Waals surface area contributed by atoms with Gasteiger partial charge in [-0.05, 0) is 66.4 Å². The van der Waals surface area contributed by atoms with E-state index >= 15 is 4.79 Å². The van der Waals surface area contributed by atoms with E-state index in [2.05, 4.69) is 21.3 Å². The second kappa shape index (κ2) is 28.9. The van der Waals surface area contributed by atoms with Gasteiger partial charge in [-0.1, -0.05) is 150 Å². The maximum absolute atomic E-state index is 15.0. The van der Waals surface area contributed by atoms with E-state index in [-0.39, 0.29) is 38.1 Å². The minimum Gasteiger partial charge on any atom is -0.450 e. The fourth-order valence-corrected chi connectivity index (χ4v) is 10.6. The number of hydrogen-bond donors (Lipinski definition) is 4. The van der Waals surface area contributed by atoms with Gasteiger partial charge >= 0.3 is 5.97 Å². The number of cyclic esters (lactones) is 1. The molecule has 2 aliphatic rings. The van der Waals surface area contributed by atoms with Crippen LogP contribution in [0.3, 0.4) is 0 Å². The number of ether oxygens (including phenoxy) is 1. The van der Waals surface area contributed by atoms with Crippen molar-refractivity contribution in [2.45, 2.75) is 182 Å². The van der Waals surface area contributed by atoms with E-state index in [1.54, 1.807) is 60.6 Å². The van der Waals surface area contributed by atoms with Crippen molar-refractivity contribution in [3.05, 3.63) is 71.8 Å². The lowest BCUT2D eigenvalue weighted by molar-refractivity contribution is -0.172. The lowest BCUT2D eigenvalue weighted by Gasteiger charge is -2.38. The molecular formula is C59H90N8O10. The molecule has 0 aromatic heterocycles. The van der Waals surface area contributed by atoms with Crippen molar-refractivity contribution in [1.82, 2.24) is 40.9 Å². The van der Waals surface area contributed by atoms with E-state index in [1.165, 1.54) is 40.7 Å². The fraction of sp³-hybridized carbons (Fsp3) is 0.644. The van der Waals surface area contributed by atoms with E-state index in [0.29, 0.717) is 24.8 Å². The number of likely N-dealkylation sites (N-methyl/N-ethyl adjacent to an activating group) is 3. The molecule has 0 unspecified atom stereocenters. The van der Waals surface area contributed by atoms with Crippen molar-refractivity contribution in [3.63, 3.8) is 0 Å². The molecule has 11 atom stereocenters. The third-order valence-corrected chi connectivity index (χ3v) is 15.4. The molecule has 18 nitrogen and oxygen atoms in total. The monoisotopic (exact) mass is 1070 g/mol. The van der Waals surface area contributed by atoms with Crippen LogP contribution in [0.15, 0.2) is 60.7 Å². The molecule has 77 heavy (non-hydrogen) atoms. The summed E-state index contributed by atoms with van der Waals surface area (Å²) in [5, 5.41) is 11.8. The number of fused-ring (bicyclic) bond motifs is 1. The molecule has 18 heteroatoms. The molecule has 0 saturated carbocycles. The quantitative estimate of drug-likeness (QED) is 0.198. The first-order chi connectivity index (χ1) is 36.2. The molecule has 0 aliphatic carbocycles. The zero-order valence-corrected chi connectivity index (χ0v) is 48.5. The van der Waals surface area contributed by atoms with E-state index in [4.69, 9.17) is 4.74 Å². The minimum atomic E-state index is -1.40. The number of rotatable bonds is 13. The van der Waals surface area contributed by atoms with Crippen LogP contribution in [-0.4, -0.2) is 155 Å². The number of hydrogen-bond acceptors (Lipinski definition) is 10. The third kappa shape index (κ3) is 16.4. The summed E-state index contributed by atoms with van der Waals surface area (Å²) in [5.74, 6) is -8.33. The summed E-state index contributed by atoms with van der Waals surface area (Å²) in [7, 11) is 4.40. The molecule has 0 spiro atoms. The highest BCUT2D eigenvalue weighted by Crippen LogP contribution is 2.26. The predicted molar refractivity (Wildman–Crippen MR) is 295 cm³/mol. The molecule has 2 aromatic rings. The van der Waals surface area contributed by atoms with Gasteiger partial charge in [0.2, 0.25) is 41.4 Å². The number of amides is 8. The Morgan fingerprint density at radius 1 is 0.506 bits per heavy atom. The number of nitrogens with one attached hydrogen (secondary N) is 4. The summed E-state index contributed by atoms with van der Waals surface area (Å²) in [6.07, 6.45) is 0.439. The normalized spacial score (nSPS) is 26.6. The number of nitrogens with zero attached hydrogens (tertiary/aromatic N) is 4.